The molecule has 0 spiro atoms. The minimum Gasteiger partial charge on any atom is -0.480 e. The summed E-state index contributed by atoms with van der Waals surface area (Å²) in [4.78, 5) is 21.1. The minimum atomic E-state index is -4.03. The lowest BCUT2D eigenvalue weighted by Gasteiger charge is -2.25. The zero-order valence-electron chi connectivity index (χ0n) is 11.5. The van der Waals surface area contributed by atoms with E-state index in [9.17, 15) is 28.4 Å². The molecule has 120 valence electrons. The van der Waals surface area contributed by atoms with Crippen molar-refractivity contribution in [3.05, 3.63) is 34.4 Å². The van der Waals surface area contributed by atoms with Crippen molar-refractivity contribution in [2.24, 2.45) is 0 Å². The largest absolute Gasteiger partial charge is 0.480 e. The molecule has 1 unspecified atom stereocenters. The molecule has 0 bridgehead atoms. The van der Waals surface area contributed by atoms with E-state index in [1.807, 2.05) is 0 Å². The topological polar surface area (TPSA) is 130 Å². The minimum absolute atomic E-state index is 0.0154. The molecule has 10 heteroatoms. The summed E-state index contributed by atoms with van der Waals surface area (Å²) in [6.07, 6.45) is 0.482. The quantitative estimate of drug-likeness (QED) is 0.589. The Balaban J connectivity index is 2.38. The van der Waals surface area contributed by atoms with E-state index in [1.54, 1.807) is 0 Å². The predicted octanol–water partition coefficient (Wildman–Crippen LogP) is 0.0320. The molecule has 2 N–H and O–H groups in total. The van der Waals surface area contributed by atoms with Crippen molar-refractivity contribution in [3.8, 4) is 0 Å². The lowest BCUT2D eigenvalue weighted by atomic mass is 10.3. The monoisotopic (exact) mass is 329 g/mol. The van der Waals surface area contributed by atoms with Gasteiger partial charge in [-0.15, -0.1) is 0 Å². The van der Waals surface area contributed by atoms with Gasteiger partial charge >= 0.3 is 5.97 Å². The van der Waals surface area contributed by atoms with Crippen LogP contribution in [0.4, 0.5) is 5.69 Å². The summed E-state index contributed by atoms with van der Waals surface area (Å²) in [6, 6.07) is 3.19. The number of sulfonamides is 1. The number of rotatable bonds is 4. The van der Waals surface area contributed by atoms with Gasteiger partial charge in [-0.2, -0.15) is 4.31 Å². The molecule has 1 aliphatic heterocycles. The van der Waals surface area contributed by atoms with E-state index >= 15 is 0 Å². The third-order valence-corrected chi connectivity index (χ3v) is 5.28. The first kappa shape index (κ1) is 16.3. The Morgan fingerprint density at radius 1 is 1.36 bits per heavy atom. The van der Waals surface area contributed by atoms with E-state index in [0.717, 1.165) is 28.6 Å². The van der Waals surface area contributed by atoms with Crippen LogP contribution in [0.25, 0.3) is 0 Å². The summed E-state index contributed by atoms with van der Waals surface area (Å²) in [6.45, 7) is 0.612. The number of carbonyl (C=O) groups is 1. The molecule has 1 heterocycles. The number of non-ortho nitro benzene ring substituents is 1. The molecule has 0 amide bonds. The maximum absolute atomic E-state index is 12.6. The highest BCUT2D eigenvalue weighted by atomic mass is 32.2. The number of nitrogens with zero attached hydrogens (tertiary/aromatic N) is 2. The van der Waals surface area contributed by atoms with Gasteiger partial charge in [0.05, 0.1) is 9.82 Å². The van der Waals surface area contributed by atoms with Gasteiger partial charge < -0.3 is 10.4 Å². The molecular formula is C12H15N3O6S. The van der Waals surface area contributed by atoms with Crippen LogP contribution in [0.2, 0.25) is 0 Å². The molecule has 0 aliphatic carbocycles. The summed E-state index contributed by atoms with van der Waals surface area (Å²) in [7, 11) is -4.03. The SMILES string of the molecule is O=C(O)C1CNCCCN1S(=O)(=O)c1ccc([N+](=O)[O-])cc1. The first-order valence-electron chi connectivity index (χ1n) is 6.54. The van der Waals surface area contributed by atoms with Crippen molar-refractivity contribution < 1.29 is 23.2 Å². The van der Waals surface area contributed by atoms with Gasteiger partial charge in [0.1, 0.15) is 6.04 Å². The van der Waals surface area contributed by atoms with E-state index in [-0.39, 0.29) is 23.7 Å². The van der Waals surface area contributed by atoms with Gasteiger partial charge in [-0.3, -0.25) is 14.9 Å². The number of benzene rings is 1. The molecule has 1 fully saturated rings. The van der Waals surface area contributed by atoms with Crippen molar-refractivity contribution in [3.63, 3.8) is 0 Å². The van der Waals surface area contributed by atoms with Gasteiger partial charge in [0.15, 0.2) is 0 Å². The molecule has 0 radical (unpaired) electrons. The first-order valence-corrected chi connectivity index (χ1v) is 7.98. The average Bonchev–Trinajstić information content (AvgIpc) is 2.73. The Morgan fingerprint density at radius 3 is 2.55 bits per heavy atom. The lowest BCUT2D eigenvalue weighted by molar-refractivity contribution is -0.384. The van der Waals surface area contributed by atoms with Crippen LogP contribution in [0.5, 0.6) is 0 Å². The van der Waals surface area contributed by atoms with Crippen molar-refractivity contribution in [2.45, 2.75) is 17.4 Å². The maximum Gasteiger partial charge on any atom is 0.323 e. The number of hydrogen-bond donors (Lipinski definition) is 2. The van der Waals surface area contributed by atoms with Gasteiger partial charge in [-0.1, -0.05) is 0 Å². The molecule has 1 saturated heterocycles. The van der Waals surface area contributed by atoms with Crippen LogP contribution >= 0.6 is 0 Å². The van der Waals surface area contributed by atoms with Crippen molar-refractivity contribution in [1.82, 2.24) is 9.62 Å². The fraction of sp³-hybridized carbons (Fsp3) is 0.417. The normalized spacial score (nSPS) is 20.3. The number of nitrogens with one attached hydrogen (secondary N) is 1. The Morgan fingerprint density at radius 2 is 2.00 bits per heavy atom. The summed E-state index contributed by atoms with van der Waals surface area (Å²) in [5, 5.41) is 22.7. The Bertz CT molecular complexity index is 673. The number of nitro benzene ring substituents is 1. The molecule has 1 aliphatic rings. The van der Waals surface area contributed by atoms with Crippen molar-refractivity contribution in [1.29, 1.82) is 0 Å². The molecule has 9 nitrogen and oxygen atoms in total. The predicted molar refractivity (Wildman–Crippen MR) is 75.9 cm³/mol. The highest BCUT2D eigenvalue weighted by Crippen LogP contribution is 2.22. The first-order chi connectivity index (χ1) is 10.3. The summed E-state index contributed by atoms with van der Waals surface area (Å²) in [5.74, 6) is -1.24. The van der Waals surface area contributed by atoms with Crippen LogP contribution in [0.1, 0.15) is 6.42 Å². The van der Waals surface area contributed by atoms with Crippen LogP contribution in [0, 0.1) is 10.1 Å². The molecule has 1 aromatic carbocycles. The Labute approximate surface area is 126 Å². The van der Waals surface area contributed by atoms with E-state index in [4.69, 9.17) is 0 Å². The highest BCUT2D eigenvalue weighted by molar-refractivity contribution is 7.89. The van der Waals surface area contributed by atoms with Crippen LogP contribution in [-0.4, -0.2) is 54.4 Å². The van der Waals surface area contributed by atoms with Gasteiger partial charge in [0.2, 0.25) is 10.0 Å². The van der Waals surface area contributed by atoms with Crippen LogP contribution in [0.3, 0.4) is 0 Å². The van der Waals surface area contributed by atoms with E-state index in [0.29, 0.717) is 13.0 Å². The summed E-state index contributed by atoms with van der Waals surface area (Å²) >= 11 is 0. The molecule has 1 atom stereocenters. The van der Waals surface area contributed by atoms with Gasteiger partial charge in [-0.05, 0) is 25.1 Å². The third kappa shape index (κ3) is 3.24. The molecule has 2 rings (SSSR count). The van der Waals surface area contributed by atoms with Crippen LogP contribution in [0.15, 0.2) is 29.2 Å². The van der Waals surface area contributed by atoms with E-state index in [2.05, 4.69) is 5.32 Å². The number of aliphatic carboxylic acids is 1. The number of hydrogen-bond acceptors (Lipinski definition) is 6. The second kappa shape index (κ2) is 6.38. The number of carboxylic acid groups (broad SMARTS) is 1. The second-order valence-electron chi connectivity index (χ2n) is 4.78. The van der Waals surface area contributed by atoms with Crippen molar-refractivity contribution >= 4 is 21.7 Å². The van der Waals surface area contributed by atoms with E-state index < -0.39 is 27.0 Å². The highest BCUT2D eigenvalue weighted by Gasteiger charge is 2.36. The fourth-order valence-electron chi connectivity index (χ4n) is 2.23. The van der Waals surface area contributed by atoms with Gasteiger partial charge in [0, 0.05) is 25.2 Å². The van der Waals surface area contributed by atoms with Crippen LogP contribution in [-0.2, 0) is 14.8 Å². The zero-order valence-corrected chi connectivity index (χ0v) is 12.3. The molecule has 1 aromatic rings. The zero-order chi connectivity index (χ0) is 16.3. The second-order valence-corrected chi connectivity index (χ2v) is 6.67. The Hall–Kier alpha value is -2.04. The third-order valence-electron chi connectivity index (χ3n) is 3.36. The lowest BCUT2D eigenvalue weighted by Crippen LogP contribution is -2.48. The van der Waals surface area contributed by atoms with Gasteiger partial charge in [0.25, 0.3) is 5.69 Å². The summed E-state index contributed by atoms with van der Waals surface area (Å²) < 4.78 is 26.1. The number of nitro groups is 1. The molecule has 0 aromatic heterocycles. The smallest absolute Gasteiger partial charge is 0.323 e. The molecule has 0 saturated carbocycles. The maximum atomic E-state index is 12.6. The van der Waals surface area contributed by atoms with Crippen LogP contribution < -0.4 is 5.32 Å². The molecular weight excluding hydrogens is 314 g/mol. The van der Waals surface area contributed by atoms with E-state index in [1.165, 1.54) is 0 Å². The Kier molecular flexibility index (Phi) is 4.74. The standard InChI is InChI=1S/C12H15N3O6S/c16-12(17)11-8-13-6-1-7-14(11)22(20,21)10-4-2-9(3-5-10)15(18)19/h2-5,11,13H,1,6-8H2,(H,16,17). The van der Waals surface area contributed by atoms with Gasteiger partial charge in [-0.25, -0.2) is 8.42 Å². The molecule has 22 heavy (non-hydrogen) atoms. The van der Waals surface area contributed by atoms with Crippen molar-refractivity contribution in [2.75, 3.05) is 19.6 Å². The average molecular weight is 329 g/mol. The number of carboxylic acids is 1. The fourth-order valence-corrected chi connectivity index (χ4v) is 3.85. The summed E-state index contributed by atoms with van der Waals surface area (Å²) in [5.41, 5.74) is -0.230.